The van der Waals surface area contributed by atoms with Crippen LogP contribution < -0.4 is 4.90 Å². The maximum Gasteiger partial charge on any atom is 0.135 e. The van der Waals surface area contributed by atoms with Gasteiger partial charge in [-0.3, -0.25) is 9.80 Å². The van der Waals surface area contributed by atoms with Gasteiger partial charge in [0.05, 0.1) is 5.69 Å². The van der Waals surface area contributed by atoms with Crippen molar-refractivity contribution in [3.8, 4) is 0 Å². The number of benzene rings is 1. The molecule has 0 unspecified atom stereocenters. The Kier molecular flexibility index (Phi) is 5.70. The normalized spacial score (nSPS) is 21.2. The van der Waals surface area contributed by atoms with Gasteiger partial charge < -0.3 is 4.90 Å². The molecule has 0 amide bonds. The molecule has 3 aliphatic rings. The van der Waals surface area contributed by atoms with E-state index in [1.807, 2.05) is 13.0 Å². The summed E-state index contributed by atoms with van der Waals surface area (Å²) in [4.78, 5) is 16.9. The SMILES string of the molecule is Cc1c(F)cccc1CN1CCc2c(ncnc2N2CCN(C3CCCC3)CC2)C1. The van der Waals surface area contributed by atoms with E-state index in [0.29, 0.717) is 0 Å². The van der Waals surface area contributed by atoms with Gasteiger partial charge in [0.2, 0.25) is 0 Å². The van der Waals surface area contributed by atoms with Crippen LogP contribution in [-0.2, 0) is 19.5 Å². The number of rotatable bonds is 4. The highest BCUT2D eigenvalue weighted by Crippen LogP contribution is 2.29. The molecule has 1 aromatic heterocycles. The second kappa shape index (κ2) is 8.60. The lowest BCUT2D eigenvalue weighted by Gasteiger charge is -2.40. The van der Waals surface area contributed by atoms with E-state index in [9.17, 15) is 4.39 Å². The lowest BCUT2D eigenvalue weighted by atomic mass is 10.0. The van der Waals surface area contributed by atoms with E-state index in [1.165, 1.54) is 37.3 Å². The number of fused-ring (bicyclic) bond motifs is 1. The Morgan fingerprint density at radius 2 is 1.83 bits per heavy atom. The number of piperazine rings is 1. The molecular formula is C24H32FN5. The van der Waals surface area contributed by atoms with Crippen molar-refractivity contribution in [3.05, 3.63) is 52.7 Å². The van der Waals surface area contributed by atoms with Crippen LogP contribution in [0, 0.1) is 12.7 Å². The monoisotopic (exact) mass is 409 g/mol. The molecule has 0 radical (unpaired) electrons. The first-order chi connectivity index (χ1) is 14.7. The largest absolute Gasteiger partial charge is 0.354 e. The van der Waals surface area contributed by atoms with Crippen LogP contribution in [0.2, 0.25) is 0 Å². The van der Waals surface area contributed by atoms with Gasteiger partial charge in [-0.1, -0.05) is 25.0 Å². The third-order valence-corrected chi connectivity index (χ3v) is 7.29. The smallest absolute Gasteiger partial charge is 0.135 e. The van der Waals surface area contributed by atoms with Crippen molar-refractivity contribution in [2.75, 3.05) is 37.6 Å². The fourth-order valence-electron chi connectivity index (χ4n) is 5.43. The first-order valence-corrected chi connectivity index (χ1v) is 11.5. The summed E-state index contributed by atoms with van der Waals surface area (Å²) in [7, 11) is 0. The van der Waals surface area contributed by atoms with Crippen LogP contribution >= 0.6 is 0 Å². The summed E-state index contributed by atoms with van der Waals surface area (Å²) in [6.07, 6.45) is 8.25. The van der Waals surface area contributed by atoms with Gasteiger partial charge in [0.1, 0.15) is 18.0 Å². The fourth-order valence-corrected chi connectivity index (χ4v) is 5.43. The van der Waals surface area contributed by atoms with Crippen LogP contribution in [0.25, 0.3) is 0 Å². The summed E-state index contributed by atoms with van der Waals surface area (Å²) in [5, 5.41) is 0. The van der Waals surface area contributed by atoms with Crippen LogP contribution in [0.3, 0.4) is 0 Å². The molecule has 0 spiro atoms. The molecule has 0 atom stereocenters. The number of hydrogen-bond donors (Lipinski definition) is 0. The highest BCUT2D eigenvalue weighted by atomic mass is 19.1. The maximum atomic E-state index is 13.9. The number of halogens is 1. The van der Waals surface area contributed by atoms with Gasteiger partial charge in [-0.15, -0.1) is 0 Å². The van der Waals surface area contributed by atoms with Crippen molar-refractivity contribution >= 4 is 5.82 Å². The summed E-state index contributed by atoms with van der Waals surface area (Å²) in [5.74, 6) is 1.03. The molecule has 5 nitrogen and oxygen atoms in total. The molecule has 30 heavy (non-hydrogen) atoms. The van der Waals surface area contributed by atoms with E-state index in [1.54, 1.807) is 12.4 Å². The third-order valence-electron chi connectivity index (χ3n) is 7.29. The summed E-state index contributed by atoms with van der Waals surface area (Å²) in [6.45, 7) is 8.83. The van der Waals surface area contributed by atoms with E-state index in [2.05, 4.69) is 19.7 Å². The van der Waals surface area contributed by atoms with Crippen LogP contribution in [-0.4, -0.2) is 58.5 Å². The molecule has 1 saturated carbocycles. The third kappa shape index (κ3) is 3.95. The zero-order chi connectivity index (χ0) is 20.5. The van der Waals surface area contributed by atoms with Gasteiger partial charge in [-0.2, -0.15) is 0 Å². The van der Waals surface area contributed by atoms with Gasteiger partial charge in [0, 0.05) is 57.4 Å². The van der Waals surface area contributed by atoms with Crippen LogP contribution in [0.1, 0.15) is 48.1 Å². The lowest BCUT2D eigenvalue weighted by Crippen LogP contribution is -2.50. The molecule has 2 aromatic rings. The average Bonchev–Trinajstić information content (AvgIpc) is 3.31. The van der Waals surface area contributed by atoms with Crippen LogP contribution in [0.4, 0.5) is 10.2 Å². The Morgan fingerprint density at radius 3 is 2.63 bits per heavy atom. The number of aromatic nitrogens is 2. The number of nitrogens with zero attached hydrogens (tertiary/aromatic N) is 5. The van der Waals surface area contributed by atoms with Crippen molar-refractivity contribution in [3.63, 3.8) is 0 Å². The van der Waals surface area contributed by atoms with Gasteiger partial charge in [0.25, 0.3) is 0 Å². The van der Waals surface area contributed by atoms with Crippen molar-refractivity contribution < 1.29 is 4.39 Å². The van der Waals surface area contributed by atoms with Gasteiger partial charge >= 0.3 is 0 Å². The van der Waals surface area contributed by atoms with E-state index < -0.39 is 0 Å². The highest BCUT2D eigenvalue weighted by Gasteiger charge is 2.29. The van der Waals surface area contributed by atoms with E-state index in [-0.39, 0.29) is 5.82 Å². The molecule has 2 fully saturated rings. The lowest BCUT2D eigenvalue weighted by molar-refractivity contribution is 0.187. The molecule has 2 aliphatic heterocycles. The molecule has 6 heteroatoms. The van der Waals surface area contributed by atoms with E-state index in [4.69, 9.17) is 4.98 Å². The Balaban J connectivity index is 1.26. The maximum absolute atomic E-state index is 13.9. The molecule has 1 aromatic carbocycles. The standard InChI is InChI=1S/C24H32FN5/c1-18-19(5-4-8-22(18)25)15-28-10-9-21-23(16-28)26-17-27-24(21)30-13-11-29(12-14-30)20-6-2-3-7-20/h4-5,8,17,20H,2-3,6-7,9-16H2,1H3. The summed E-state index contributed by atoms with van der Waals surface area (Å²) in [5.41, 5.74) is 4.28. The molecule has 1 saturated heterocycles. The van der Waals surface area contributed by atoms with Crippen molar-refractivity contribution in [1.82, 2.24) is 19.8 Å². The van der Waals surface area contributed by atoms with Crippen molar-refractivity contribution in [1.29, 1.82) is 0 Å². The zero-order valence-electron chi connectivity index (χ0n) is 18.0. The quantitative estimate of drug-likeness (QED) is 0.772. The minimum absolute atomic E-state index is 0.119. The van der Waals surface area contributed by atoms with Gasteiger partial charge in [-0.05, 0) is 43.4 Å². The van der Waals surface area contributed by atoms with Crippen LogP contribution in [0.5, 0.6) is 0 Å². The summed E-state index contributed by atoms with van der Waals surface area (Å²) in [6, 6.07) is 6.19. The average molecular weight is 410 g/mol. The first kappa shape index (κ1) is 19.9. The Morgan fingerprint density at radius 1 is 1.03 bits per heavy atom. The molecular weight excluding hydrogens is 377 g/mol. The highest BCUT2D eigenvalue weighted by molar-refractivity contribution is 5.50. The number of anilines is 1. The topological polar surface area (TPSA) is 35.5 Å². The molecule has 5 rings (SSSR count). The summed E-state index contributed by atoms with van der Waals surface area (Å²) < 4.78 is 13.9. The first-order valence-electron chi connectivity index (χ1n) is 11.5. The molecule has 0 N–H and O–H groups in total. The number of hydrogen-bond acceptors (Lipinski definition) is 5. The molecule has 0 bridgehead atoms. The molecule has 3 heterocycles. The second-order valence-electron chi connectivity index (χ2n) is 9.07. The second-order valence-corrected chi connectivity index (χ2v) is 9.07. The fraction of sp³-hybridized carbons (Fsp3) is 0.583. The Labute approximate surface area is 178 Å². The summed E-state index contributed by atoms with van der Waals surface area (Å²) >= 11 is 0. The van der Waals surface area contributed by atoms with Gasteiger partial charge in [0.15, 0.2) is 0 Å². The van der Waals surface area contributed by atoms with E-state index >= 15 is 0 Å². The predicted octanol–water partition coefficient (Wildman–Crippen LogP) is 3.55. The van der Waals surface area contributed by atoms with Crippen molar-refractivity contribution in [2.45, 2.75) is 58.2 Å². The minimum Gasteiger partial charge on any atom is -0.354 e. The van der Waals surface area contributed by atoms with Gasteiger partial charge in [-0.25, -0.2) is 14.4 Å². The Hall–Kier alpha value is -2.05. The Bertz CT molecular complexity index is 887. The van der Waals surface area contributed by atoms with Crippen molar-refractivity contribution in [2.24, 2.45) is 0 Å². The molecule has 160 valence electrons. The minimum atomic E-state index is -0.119. The predicted molar refractivity (Wildman–Crippen MR) is 117 cm³/mol. The zero-order valence-corrected chi connectivity index (χ0v) is 18.0. The van der Waals surface area contributed by atoms with E-state index in [0.717, 1.165) is 80.9 Å². The molecule has 1 aliphatic carbocycles. The van der Waals surface area contributed by atoms with Crippen LogP contribution in [0.15, 0.2) is 24.5 Å².